The molecule has 1 N–H and O–H groups in total. The third-order valence-electron chi connectivity index (χ3n) is 5.01. The summed E-state index contributed by atoms with van der Waals surface area (Å²) in [5, 5.41) is 2.91. The van der Waals surface area contributed by atoms with Gasteiger partial charge in [0.15, 0.2) is 11.5 Å². The maximum atomic E-state index is 11.8. The molecule has 2 fully saturated rings. The Morgan fingerprint density at radius 1 is 1.29 bits per heavy atom. The van der Waals surface area contributed by atoms with Crippen LogP contribution >= 0.6 is 0 Å². The Hall–Kier alpha value is -2.08. The number of benzene rings is 1. The standard InChI is InChI=1S/C18H24N4O2/c23-18-19-9-12-22(18)14-5-3-10-21(13-14)11-4-8-17-20-15-6-1-2-7-16(15)24-17/h1-2,6-7,14H,3-5,8-13H2,(H,19,23)/t14-/m0/s1. The third-order valence-corrected chi connectivity index (χ3v) is 5.01. The van der Waals surface area contributed by atoms with Gasteiger partial charge in [-0.1, -0.05) is 12.1 Å². The number of nitrogens with one attached hydrogen (secondary N) is 1. The zero-order chi connectivity index (χ0) is 16.4. The van der Waals surface area contributed by atoms with E-state index < -0.39 is 0 Å². The molecule has 1 atom stereocenters. The lowest BCUT2D eigenvalue weighted by Gasteiger charge is -2.37. The number of piperidine rings is 1. The number of urea groups is 1. The molecule has 2 aliphatic rings. The van der Waals surface area contributed by atoms with Gasteiger partial charge < -0.3 is 19.5 Å². The van der Waals surface area contributed by atoms with E-state index in [1.54, 1.807) is 0 Å². The second-order valence-electron chi connectivity index (χ2n) is 6.70. The topological polar surface area (TPSA) is 61.6 Å². The van der Waals surface area contributed by atoms with Crippen LogP contribution in [-0.4, -0.2) is 59.6 Å². The molecule has 2 amide bonds. The molecule has 0 spiro atoms. The van der Waals surface area contributed by atoms with E-state index in [2.05, 4.69) is 15.2 Å². The lowest BCUT2D eigenvalue weighted by molar-refractivity contribution is 0.125. The summed E-state index contributed by atoms with van der Waals surface area (Å²) in [6.45, 7) is 4.78. The van der Waals surface area contributed by atoms with Crippen LogP contribution in [0.15, 0.2) is 28.7 Å². The average Bonchev–Trinajstić information content (AvgIpc) is 3.20. The van der Waals surface area contributed by atoms with Crippen LogP contribution in [0.2, 0.25) is 0 Å². The first-order chi connectivity index (χ1) is 11.8. The van der Waals surface area contributed by atoms with Crippen LogP contribution in [0.5, 0.6) is 0 Å². The Balaban J connectivity index is 1.28. The number of rotatable bonds is 5. The highest BCUT2D eigenvalue weighted by molar-refractivity contribution is 5.76. The number of amides is 2. The Kier molecular flexibility index (Phi) is 4.38. The Morgan fingerprint density at radius 3 is 3.04 bits per heavy atom. The first-order valence-electron chi connectivity index (χ1n) is 8.91. The highest BCUT2D eigenvalue weighted by atomic mass is 16.3. The van der Waals surface area contributed by atoms with Gasteiger partial charge in [0.05, 0.1) is 0 Å². The molecule has 0 radical (unpaired) electrons. The van der Waals surface area contributed by atoms with Crippen LogP contribution in [-0.2, 0) is 6.42 Å². The number of hydrogen-bond acceptors (Lipinski definition) is 4. The summed E-state index contributed by atoms with van der Waals surface area (Å²) in [5.74, 6) is 0.823. The predicted octanol–water partition coefficient (Wildman–Crippen LogP) is 2.25. The monoisotopic (exact) mass is 328 g/mol. The molecule has 0 saturated carbocycles. The molecule has 0 bridgehead atoms. The van der Waals surface area contributed by atoms with Crippen LogP contribution in [0.25, 0.3) is 11.1 Å². The number of para-hydroxylation sites is 2. The summed E-state index contributed by atoms with van der Waals surface area (Å²) < 4.78 is 5.78. The van der Waals surface area contributed by atoms with Crippen LogP contribution in [0.1, 0.15) is 25.2 Å². The number of likely N-dealkylation sites (tertiary alicyclic amines) is 1. The molecule has 1 aromatic heterocycles. The number of oxazole rings is 1. The van der Waals surface area contributed by atoms with Crippen molar-refractivity contribution in [3.63, 3.8) is 0 Å². The molecule has 2 saturated heterocycles. The van der Waals surface area contributed by atoms with Crippen molar-refractivity contribution < 1.29 is 9.21 Å². The number of fused-ring (bicyclic) bond motifs is 1. The molecule has 6 heteroatoms. The third kappa shape index (κ3) is 3.24. The molecule has 128 valence electrons. The van der Waals surface area contributed by atoms with E-state index in [1.807, 2.05) is 29.2 Å². The van der Waals surface area contributed by atoms with Crippen molar-refractivity contribution in [1.82, 2.24) is 20.1 Å². The maximum Gasteiger partial charge on any atom is 0.317 e. The minimum Gasteiger partial charge on any atom is -0.441 e. The van der Waals surface area contributed by atoms with Gasteiger partial charge in [0.1, 0.15) is 5.52 Å². The zero-order valence-corrected chi connectivity index (χ0v) is 13.9. The van der Waals surface area contributed by atoms with Crippen molar-refractivity contribution in [2.75, 3.05) is 32.7 Å². The van der Waals surface area contributed by atoms with E-state index in [9.17, 15) is 4.79 Å². The van der Waals surface area contributed by atoms with Crippen LogP contribution in [0.4, 0.5) is 4.79 Å². The van der Waals surface area contributed by atoms with E-state index in [0.29, 0.717) is 6.04 Å². The SMILES string of the molecule is O=C1NCCN1[C@H]1CCCN(CCCc2nc3ccccc3o2)C1. The molecule has 1 aromatic carbocycles. The quantitative estimate of drug-likeness (QED) is 0.914. The molecule has 0 unspecified atom stereocenters. The molecular formula is C18H24N4O2. The lowest BCUT2D eigenvalue weighted by atomic mass is 10.0. The van der Waals surface area contributed by atoms with Gasteiger partial charge in [0, 0.05) is 32.1 Å². The van der Waals surface area contributed by atoms with E-state index >= 15 is 0 Å². The summed E-state index contributed by atoms with van der Waals surface area (Å²) in [7, 11) is 0. The highest BCUT2D eigenvalue weighted by Crippen LogP contribution is 2.19. The number of aryl methyl sites for hydroxylation is 1. The van der Waals surface area contributed by atoms with Crippen molar-refractivity contribution in [1.29, 1.82) is 0 Å². The smallest absolute Gasteiger partial charge is 0.317 e. The van der Waals surface area contributed by atoms with Crippen LogP contribution in [0, 0.1) is 0 Å². The fraction of sp³-hybridized carbons (Fsp3) is 0.556. The fourth-order valence-electron chi connectivity index (χ4n) is 3.80. The second-order valence-corrected chi connectivity index (χ2v) is 6.70. The normalized spacial score (nSPS) is 22.2. The van der Waals surface area contributed by atoms with Crippen LogP contribution < -0.4 is 5.32 Å². The van der Waals surface area contributed by atoms with Crippen molar-refractivity contribution in [3.05, 3.63) is 30.2 Å². The molecule has 24 heavy (non-hydrogen) atoms. The van der Waals surface area contributed by atoms with E-state index in [0.717, 1.165) is 75.4 Å². The van der Waals surface area contributed by atoms with Gasteiger partial charge in [-0.15, -0.1) is 0 Å². The van der Waals surface area contributed by atoms with Gasteiger partial charge >= 0.3 is 6.03 Å². The molecule has 6 nitrogen and oxygen atoms in total. The largest absolute Gasteiger partial charge is 0.441 e. The number of aromatic nitrogens is 1. The molecule has 2 aromatic rings. The van der Waals surface area contributed by atoms with E-state index in [-0.39, 0.29) is 6.03 Å². The molecule has 3 heterocycles. The average molecular weight is 328 g/mol. The zero-order valence-electron chi connectivity index (χ0n) is 13.9. The summed E-state index contributed by atoms with van der Waals surface area (Å²) in [6, 6.07) is 8.37. The Morgan fingerprint density at radius 2 is 2.21 bits per heavy atom. The minimum absolute atomic E-state index is 0.105. The van der Waals surface area contributed by atoms with Crippen molar-refractivity contribution >= 4 is 17.1 Å². The minimum atomic E-state index is 0.105. The number of carbonyl (C=O) groups excluding carboxylic acids is 1. The molecule has 2 aliphatic heterocycles. The van der Waals surface area contributed by atoms with Gasteiger partial charge in [-0.2, -0.15) is 0 Å². The summed E-state index contributed by atoms with van der Waals surface area (Å²) in [4.78, 5) is 20.9. The molecular weight excluding hydrogens is 304 g/mol. The summed E-state index contributed by atoms with van der Waals surface area (Å²) in [6.07, 6.45) is 4.18. The van der Waals surface area contributed by atoms with E-state index in [1.165, 1.54) is 0 Å². The Bertz CT molecular complexity index is 681. The summed E-state index contributed by atoms with van der Waals surface area (Å²) >= 11 is 0. The van der Waals surface area contributed by atoms with E-state index in [4.69, 9.17) is 4.42 Å². The first kappa shape index (κ1) is 15.4. The van der Waals surface area contributed by atoms with Crippen LogP contribution in [0.3, 0.4) is 0 Å². The lowest BCUT2D eigenvalue weighted by Crippen LogP contribution is -2.49. The van der Waals surface area contributed by atoms with Crippen molar-refractivity contribution in [3.8, 4) is 0 Å². The number of hydrogen-bond donors (Lipinski definition) is 1. The van der Waals surface area contributed by atoms with Gasteiger partial charge in [-0.3, -0.25) is 0 Å². The second kappa shape index (κ2) is 6.81. The maximum absolute atomic E-state index is 11.8. The van der Waals surface area contributed by atoms with Gasteiger partial charge in [-0.05, 0) is 44.5 Å². The van der Waals surface area contributed by atoms with Crippen molar-refractivity contribution in [2.24, 2.45) is 0 Å². The molecule has 0 aliphatic carbocycles. The van der Waals surface area contributed by atoms with Gasteiger partial charge in [0.2, 0.25) is 0 Å². The predicted molar refractivity (Wildman–Crippen MR) is 91.9 cm³/mol. The highest BCUT2D eigenvalue weighted by Gasteiger charge is 2.30. The van der Waals surface area contributed by atoms with Crippen molar-refractivity contribution in [2.45, 2.75) is 31.7 Å². The van der Waals surface area contributed by atoms with Gasteiger partial charge in [-0.25, -0.2) is 9.78 Å². The fourth-order valence-corrected chi connectivity index (χ4v) is 3.80. The summed E-state index contributed by atoms with van der Waals surface area (Å²) in [5.41, 5.74) is 1.80. The molecule has 4 rings (SSSR count). The van der Waals surface area contributed by atoms with Gasteiger partial charge in [0.25, 0.3) is 0 Å². The first-order valence-corrected chi connectivity index (χ1v) is 8.91. The number of carbonyl (C=O) groups is 1. The number of nitrogens with zero attached hydrogens (tertiary/aromatic N) is 3. The Labute approximate surface area is 141 Å².